The van der Waals surface area contributed by atoms with Gasteiger partial charge < -0.3 is 19.5 Å². The quantitative estimate of drug-likeness (QED) is 0.779. The monoisotopic (exact) mass is 375 g/mol. The van der Waals surface area contributed by atoms with Crippen LogP contribution in [0.25, 0.3) is 0 Å². The van der Waals surface area contributed by atoms with Crippen molar-refractivity contribution in [3.63, 3.8) is 0 Å². The van der Waals surface area contributed by atoms with Crippen LogP contribution in [0.5, 0.6) is 17.2 Å². The molecule has 0 aromatic heterocycles. The number of carbonyl (C=O) groups excluding carboxylic acids is 2. The fraction of sp³-hybridized carbons (Fsp3) is 0.263. The molecule has 6 nitrogen and oxygen atoms in total. The molecule has 1 N–H and O–H groups in total. The van der Waals surface area contributed by atoms with Crippen molar-refractivity contribution >= 4 is 29.0 Å². The van der Waals surface area contributed by atoms with Gasteiger partial charge in [-0.3, -0.25) is 9.59 Å². The van der Waals surface area contributed by atoms with E-state index in [1.165, 1.54) is 7.11 Å². The number of nitrogens with one attached hydrogen (secondary N) is 1. The number of ketones is 1. The topological polar surface area (TPSA) is 73.9 Å². The number of amides is 1. The molecule has 1 heterocycles. The predicted molar refractivity (Wildman–Crippen MR) is 97.6 cm³/mol. The molecular formula is C19H18ClNO5. The SMILES string of the molecule is COc1ccc(NC(=O)CCC(=O)c2ccc3c(c2)OCCO3)cc1Cl. The molecule has 0 saturated carbocycles. The summed E-state index contributed by atoms with van der Waals surface area (Å²) in [4.78, 5) is 24.4. The molecule has 7 heteroatoms. The van der Waals surface area contributed by atoms with E-state index in [0.29, 0.717) is 46.7 Å². The van der Waals surface area contributed by atoms with Crippen LogP contribution >= 0.6 is 11.6 Å². The Hall–Kier alpha value is -2.73. The lowest BCUT2D eigenvalue weighted by atomic mass is 10.1. The second kappa shape index (κ2) is 8.10. The van der Waals surface area contributed by atoms with Crippen molar-refractivity contribution in [1.29, 1.82) is 0 Å². The van der Waals surface area contributed by atoms with Crippen LogP contribution in [-0.4, -0.2) is 32.0 Å². The van der Waals surface area contributed by atoms with Crippen LogP contribution in [0.15, 0.2) is 36.4 Å². The van der Waals surface area contributed by atoms with E-state index in [9.17, 15) is 9.59 Å². The van der Waals surface area contributed by atoms with Gasteiger partial charge in [-0.1, -0.05) is 11.6 Å². The number of hydrogen-bond donors (Lipinski definition) is 1. The van der Waals surface area contributed by atoms with E-state index < -0.39 is 0 Å². The average Bonchev–Trinajstić information content (AvgIpc) is 2.66. The Bertz CT molecular complexity index is 837. The molecule has 0 aliphatic carbocycles. The Morgan fingerprint density at radius 3 is 2.58 bits per heavy atom. The van der Waals surface area contributed by atoms with E-state index in [2.05, 4.69) is 5.32 Å². The standard InChI is InChI=1S/C19H18ClNO5/c1-24-16-6-3-13(11-14(16)20)21-19(23)7-4-15(22)12-2-5-17-18(10-12)26-9-8-25-17/h2-3,5-6,10-11H,4,7-9H2,1H3,(H,21,23). The molecule has 0 radical (unpaired) electrons. The zero-order valence-corrected chi connectivity index (χ0v) is 15.0. The summed E-state index contributed by atoms with van der Waals surface area (Å²) in [7, 11) is 1.52. The van der Waals surface area contributed by atoms with Gasteiger partial charge in [-0.2, -0.15) is 0 Å². The lowest BCUT2D eigenvalue weighted by molar-refractivity contribution is -0.116. The number of anilines is 1. The maximum Gasteiger partial charge on any atom is 0.224 e. The third-order valence-electron chi connectivity index (χ3n) is 3.88. The Balaban J connectivity index is 1.55. The number of rotatable bonds is 6. The molecule has 0 unspecified atom stereocenters. The Labute approximate surface area is 156 Å². The normalized spacial score (nSPS) is 12.4. The molecule has 0 fully saturated rings. The zero-order chi connectivity index (χ0) is 18.5. The molecule has 26 heavy (non-hydrogen) atoms. The smallest absolute Gasteiger partial charge is 0.224 e. The molecule has 1 aliphatic heterocycles. The van der Waals surface area contributed by atoms with Gasteiger partial charge in [0.1, 0.15) is 19.0 Å². The molecule has 136 valence electrons. The second-order valence-electron chi connectivity index (χ2n) is 5.68. The summed E-state index contributed by atoms with van der Waals surface area (Å²) in [6.45, 7) is 0.952. The molecule has 0 atom stereocenters. The Kier molecular flexibility index (Phi) is 5.63. The first-order chi connectivity index (χ1) is 12.6. The van der Waals surface area contributed by atoms with Gasteiger partial charge in [0.2, 0.25) is 5.91 Å². The molecule has 0 spiro atoms. The minimum Gasteiger partial charge on any atom is -0.495 e. The lowest BCUT2D eigenvalue weighted by Gasteiger charge is -2.18. The van der Waals surface area contributed by atoms with E-state index in [0.717, 1.165) is 0 Å². The van der Waals surface area contributed by atoms with E-state index in [1.54, 1.807) is 36.4 Å². The zero-order valence-electron chi connectivity index (χ0n) is 14.2. The third-order valence-corrected chi connectivity index (χ3v) is 4.17. The maximum atomic E-state index is 12.3. The third kappa shape index (κ3) is 4.26. The van der Waals surface area contributed by atoms with Gasteiger partial charge >= 0.3 is 0 Å². The van der Waals surface area contributed by atoms with Gasteiger partial charge in [0.05, 0.1) is 12.1 Å². The number of benzene rings is 2. The van der Waals surface area contributed by atoms with Crippen LogP contribution in [0.1, 0.15) is 23.2 Å². The van der Waals surface area contributed by atoms with Gasteiger partial charge in [0, 0.05) is 24.1 Å². The van der Waals surface area contributed by atoms with Crippen LogP contribution in [0.3, 0.4) is 0 Å². The first-order valence-electron chi connectivity index (χ1n) is 8.13. The van der Waals surface area contributed by atoms with E-state index in [4.69, 9.17) is 25.8 Å². The fourth-order valence-corrected chi connectivity index (χ4v) is 2.81. The maximum absolute atomic E-state index is 12.3. The fourth-order valence-electron chi connectivity index (χ4n) is 2.56. The lowest BCUT2D eigenvalue weighted by Crippen LogP contribution is -2.16. The predicted octanol–water partition coefficient (Wildman–Crippen LogP) is 3.72. The molecule has 1 amide bonds. The van der Waals surface area contributed by atoms with Gasteiger partial charge in [0.15, 0.2) is 17.3 Å². The Morgan fingerprint density at radius 2 is 1.85 bits per heavy atom. The molecule has 0 bridgehead atoms. The number of Topliss-reactive ketones (excluding diaryl/α,β-unsaturated/α-hetero) is 1. The molecule has 2 aromatic rings. The first kappa shape index (κ1) is 18.1. The van der Waals surface area contributed by atoms with Crippen molar-refractivity contribution in [1.82, 2.24) is 0 Å². The number of methoxy groups -OCH3 is 1. The van der Waals surface area contributed by atoms with Crippen LogP contribution in [0.4, 0.5) is 5.69 Å². The molecule has 0 saturated heterocycles. The van der Waals surface area contributed by atoms with Crippen molar-refractivity contribution in [3.8, 4) is 17.2 Å². The second-order valence-corrected chi connectivity index (χ2v) is 6.09. The highest BCUT2D eigenvalue weighted by atomic mass is 35.5. The van der Waals surface area contributed by atoms with Crippen molar-refractivity contribution in [2.45, 2.75) is 12.8 Å². The van der Waals surface area contributed by atoms with Gasteiger partial charge in [0.25, 0.3) is 0 Å². The highest BCUT2D eigenvalue weighted by Gasteiger charge is 2.16. The van der Waals surface area contributed by atoms with Crippen LogP contribution in [-0.2, 0) is 4.79 Å². The van der Waals surface area contributed by atoms with E-state index >= 15 is 0 Å². The highest BCUT2D eigenvalue weighted by Crippen LogP contribution is 2.31. The summed E-state index contributed by atoms with van der Waals surface area (Å²) >= 11 is 6.03. The van der Waals surface area contributed by atoms with Crippen molar-refractivity contribution < 1.29 is 23.8 Å². The van der Waals surface area contributed by atoms with Crippen LogP contribution in [0, 0.1) is 0 Å². The minimum atomic E-state index is -0.267. The van der Waals surface area contributed by atoms with E-state index in [-0.39, 0.29) is 24.5 Å². The molecular weight excluding hydrogens is 358 g/mol. The summed E-state index contributed by atoms with van der Waals surface area (Å²) in [6.07, 6.45) is 0.159. The number of hydrogen-bond acceptors (Lipinski definition) is 5. The summed E-state index contributed by atoms with van der Waals surface area (Å²) in [5.41, 5.74) is 1.04. The van der Waals surface area contributed by atoms with Gasteiger partial charge in [-0.05, 0) is 36.4 Å². The van der Waals surface area contributed by atoms with Crippen molar-refractivity contribution in [2.24, 2.45) is 0 Å². The summed E-state index contributed by atoms with van der Waals surface area (Å²) in [5, 5.41) is 3.12. The largest absolute Gasteiger partial charge is 0.495 e. The molecule has 2 aromatic carbocycles. The summed E-state index contributed by atoms with van der Waals surface area (Å²) < 4.78 is 16.0. The molecule has 1 aliphatic rings. The Morgan fingerprint density at radius 1 is 1.08 bits per heavy atom. The number of carbonyl (C=O) groups is 2. The summed E-state index contributed by atoms with van der Waals surface area (Å²) in [5.74, 6) is 1.31. The average molecular weight is 376 g/mol. The summed E-state index contributed by atoms with van der Waals surface area (Å²) in [6, 6.07) is 9.99. The van der Waals surface area contributed by atoms with E-state index in [1.807, 2.05) is 0 Å². The van der Waals surface area contributed by atoms with Gasteiger partial charge in [-0.15, -0.1) is 0 Å². The number of fused-ring (bicyclic) bond motifs is 1. The van der Waals surface area contributed by atoms with Crippen LogP contribution in [0.2, 0.25) is 5.02 Å². The van der Waals surface area contributed by atoms with Gasteiger partial charge in [-0.25, -0.2) is 0 Å². The van der Waals surface area contributed by atoms with Crippen molar-refractivity contribution in [2.75, 3.05) is 25.6 Å². The van der Waals surface area contributed by atoms with Crippen molar-refractivity contribution in [3.05, 3.63) is 47.0 Å². The highest BCUT2D eigenvalue weighted by molar-refractivity contribution is 6.32. The minimum absolute atomic E-state index is 0.0664. The molecule has 3 rings (SSSR count). The number of halogens is 1. The first-order valence-corrected chi connectivity index (χ1v) is 8.51. The number of ether oxygens (including phenoxy) is 3. The van der Waals surface area contributed by atoms with Crippen LogP contribution < -0.4 is 19.5 Å².